The average Bonchev–Trinajstić information content (AvgIpc) is 3.27. The van der Waals surface area contributed by atoms with Gasteiger partial charge in [-0.05, 0) is 31.2 Å². The highest BCUT2D eigenvalue weighted by Crippen LogP contribution is 2.25. The molecule has 2 amide bonds. The van der Waals surface area contributed by atoms with Gasteiger partial charge in [0.2, 0.25) is 11.8 Å². The maximum absolute atomic E-state index is 12.8. The monoisotopic (exact) mass is 445 g/mol. The van der Waals surface area contributed by atoms with E-state index >= 15 is 0 Å². The summed E-state index contributed by atoms with van der Waals surface area (Å²) >= 11 is 0. The third kappa shape index (κ3) is 5.68. The van der Waals surface area contributed by atoms with Gasteiger partial charge in [-0.3, -0.25) is 9.59 Å². The second kappa shape index (κ2) is 10.4. The smallest absolute Gasteiger partial charge is 0.226 e. The zero-order valence-electron chi connectivity index (χ0n) is 19.3. The number of piperazine rings is 1. The SMILES string of the molecule is CCN1CCN(C(=O)CCC(=O)Nc2cc(-c3ccccc3)nn2-c2cccc(C)c2)CC1. The molecule has 7 nitrogen and oxygen atoms in total. The molecule has 1 aromatic heterocycles. The summed E-state index contributed by atoms with van der Waals surface area (Å²) in [5.41, 5.74) is 3.73. The normalized spacial score (nSPS) is 14.3. The van der Waals surface area contributed by atoms with Crippen LogP contribution in [0.25, 0.3) is 16.9 Å². The lowest BCUT2D eigenvalue weighted by Gasteiger charge is -2.34. The zero-order chi connectivity index (χ0) is 23.2. The van der Waals surface area contributed by atoms with Gasteiger partial charge in [0.1, 0.15) is 5.82 Å². The van der Waals surface area contributed by atoms with Crippen LogP contribution in [-0.2, 0) is 9.59 Å². The molecule has 3 aromatic rings. The molecule has 2 aromatic carbocycles. The van der Waals surface area contributed by atoms with Crippen molar-refractivity contribution in [1.82, 2.24) is 19.6 Å². The van der Waals surface area contributed by atoms with E-state index in [2.05, 4.69) is 17.1 Å². The van der Waals surface area contributed by atoms with E-state index < -0.39 is 0 Å². The molecule has 1 saturated heterocycles. The number of anilines is 1. The molecule has 7 heteroatoms. The summed E-state index contributed by atoms with van der Waals surface area (Å²) in [7, 11) is 0. The van der Waals surface area contributed by atoms with Crippen molar-refractivity contribution in [3.63, 3.8) is 0 Å². The summed E-state index contributed by atoms with van der Waals surface area (Å²) in [5, 5.41) is 7.73. The molecule has 0 atom stereocenters. The Labute approximate surface area is 195 Å². The Kier molecular flexibility index (Phi) is 7.19. The number of carbonyl (C=O) groups is 2. The first-order chi connectivity index (χ1) is 16.0. The fourth-order valence-corrected chi connectivity index (χ4v) is 4.07. The number of hydrogen-bond acceptors (Lipinski definition) is 4. The Morgan fingerprint density at radius 1 is 0.939 bits per heavy atom. The highest BCUT2D eigenvalue weighted by Gasteiger charge is 2.21. The number of aromatic nitrogens is 2. The lowest BCUT2D eigenvalue weighted by molar-refractivity contribution is -0.134. The Balaban J connectivity index is 1.45. The van der Waals surface area contributed by atoms with Crippen LogP contribution < -0.4 is 5.32 Å². The zero-order valence-corrected chi connectivity index (χ0v) is 19.3. The highest BCUT2D eigenvalue weighted by atomic mass is 16.2. The van der Waals surface area contributed by atoms with Gasteiger partial charge in [-0.2, -0.15) is 5.10 Å². The lowest BCUT2D eigenvalue weighted by Crippen LogP contribution is -2.48. The van der Waals surface area contributed by atoms with E-state index in [1.165, 1.54) is 0 Å². The molecule has 2 heterocycles. The number of hydrogen-bond donors (Lipinski definition) is 1. The predicted octanol–water partition coefficient (Wildman–Crippen LogP) is 3.73. The van der Waals surface area contributed by atoms with Crippen LogP contribution in [-0.4, -0.2) is 64.1 Å². The molecular weight excluding hydrogens is 414 g/mol. The summed E-state index contributed by atoms with van der Waals surface area (Å²) in [4.78, 5) is 29.5. The number of benzene rings is 2. The van der Waals surface area contributed by atoms with Gasteiger partial charge >= 0.3 is 0 Å². The number of carbonyl (C=O) groups excluding carboxylic acids is 2. The molecule has 0 saturated carbocycles. The molecule has 0 bridgehead atoms. The Bertz CT molecular complexity index is 1100. The van der Waals surface area contributed by atoms with Crippen molar-refractivity contribution < 1.29 is 9.59 Å². The first-order valence-corrected chi connectivity index (χ1v) is 11.6. The van der Waals surface area contributed by atoms with E-state index in [4.69, 9.17) is 5.10 Å². The second-order valence-electron chi connectivity index (χ2n) is 8.39. The molecule has 1 fully saturated rings. The third-order valence-electron chi connectivity index (χ3n) is 6.03. The minimum Gasteiger partial charge on any atom is -0.340 e. The van der Waals surface area contributed by atoms with Crippen molar-refractivity contribution >= 4 is 17.6 Å². The van der Waals surface area contributed by atoms with Gasteiger partial charge in [0, 0.05) is 50.7 Å². The molecule has 1 aliphatic rings. The summed E-state index contributed by atoms with van der Waals surface area (Å²) in [5.74, 6) is 0.440. The van der Waals surface area contributed by atoms with Gasteiger partial charge in [0.15, 0.2) is 0 Å². The van der Waals surface area contributed by atoms with Crippen molar-refractivity contribution in [3.05, 3.63) is 66.2 Å². The number of nitrogens with zero attached hydrogens (tertiary/aromatic N) is 4. The molecule has 0 aliphatic carbocycles. The Hall–Kier alpha value is -3.45. The number of nitrogens with one attached hydrogen (secondary N) is 1. The fourth-order valence-electron chi connectivity index (χ4n) is 4.07. The second-order valence-corrected chi connectivity index (χ2v) is 8.39. The van der Waals surface area contributed by atoms with Crippen molar-refractivity contribution in [2.75, 3.05) is 38.0 Å². The summed E-state index contributed by atoms with van der Waals surface area (Å²) in [6.07, 6.45) is 0.356. The van der Waals surface area contributed by atoms with Gasteiger partial charge in [0.25, 0.3) is 0 Å². The fraction of sp³-hybridized carbons (Fsp3) is 0.346. The minimum absolute atomic E-state index is 0.0399. The Morgan fingerprint density at radius 2 is 1.70 bits per heavy atom. The van der Waals surface area contributed by atoms with Crippen LogP contribution in [0.5, 0.6) is 0 Å². The predicted molar refractivity (Wildman–Crippen MR) is 130 cm³/mol. The van der Waals surface area contributed by atoms with Crippen LogP contribution >= 0.6 is 0 Å². The maximum atomic E-state index is 12.8. The highest BCUT2D eigenvalue weighted by molar-refractivity contribution is 5.93. The van der Waals surface area contributed by atoms with Crippen molar-refractivity contribution in [2.24, 2.45) is 0 Å². The Morgan fingerprint density at radius 3 is 2.39 bits per heavy atom. The third-order valence-corrected chi connectivity index (χ3v) is 6.03. The molecule has 172 valence electrons. The van der Waals surface area contributed by atoms with Crippen LogP contribution in [0.3, 0.4) is 0 Å². The first kappa shape index (κ1) is 22.7. The molecule has 1 N–H and O–H groups in total. The van der Waals surface area contributed by atoms with Gasteiger partial charge in [-0.1, -0.05) is 49.4 Å². The van der Waals surface area contributed by atoms with E-state index in [0.29, 0.717) is 5.82 Å². The number of likely N-dealkylation sites (N-methyl/N-ethyl adjacent to an activating group) is 1. The summed E-state index contributed by atoms with van der Waals surface area (Å²) < 4.78 is 1.75. The van der Waals surface area contributed by atoms with Crippen molar-refractivity contribution in [1.29, 1.82) is 0 Å². The number of amides is 2. The van der Waals surface area contributed by atoms with E-state index in [9.17, 15) is 9.59 Å². The van der Waals surface area contributed by atoms with Gasteiger partial charge in [0.05, 0.1) is 11.4 Å². The number of rotatable bonds is 7. The van der Waals surface area contributed by atoms with Crippen LogP contribution in [0.1, 0.15) is 25.3 Å². The molecule has 33 heavy (non-hydrogen) atoms. The first-order valence-electron chi connectivity index (χ1n) is 11.6. The summed E-state index contributed by atoms with van der Waals surface area (Å²) in [6.45, 7) is 8.41. The van der Waals surface area contributed by atoms with E-state index in [0.717, 1.165) is 55.2 Å². The molecule has 0 spiro atoms. The van der Waals surface area contributed by atoms with Gasteiger partial charge in [-0.25, -0.2) is 4.68 Å². The molecule has 0 unspecified atom stereocenters. The number of aryl methyl sites for hydroxylation is 1. The summed E-state index contributed by atoms with van der Waals surface area (Å²) in [6, 6.07) is 19.7. The van der Waals surface area contributed by atoms with Gasteiger partial charge in [-0.15, -0.1) is 0 Å². The van der Waals surface area contributed by atoms with Gasteiger partial charge < -0.3 is 15.1 Å². The van der Waals surface area contributed by atoms with Crippen LogP contribution in [0.4, 0.5) is 5.82 Å². The minimum atomic E-state index is -0.191. The van der Waals surface area contributed by atoms with E-state index in [-0.39, 0.29) is 24.7 Å². The molecule has 1 aliphatic heterocycles. The average molecular weight is 446 g/mol. The molecular formula is C26H31N5O2. The largest absolute Gasteiger partial charge is 0.340 e. The quantitative estimate of drug-likeness (QED) is 0.602. The van der Waals surface area contributed by atoms with E-state index in [1.807, 2.05) is 72.5 Å². The van der Waals surface area contributed by atoms with Crippen LogP contribution in [0, 0.1) is 6.92 Å². The van der Waals surface area contributed by atoms with Crippen LogP contribution in [0.2, 0.25) is 0 Å². The van der Waals surface area contributed by atoms with E-state index in [1.54, 1.807) is 4.68 Å². The standard InChI is InChI=1S/C26H31N5O2/c1-3-29-14-16-30(17-15-29)26(33)13-12-25(32)27-24-19-23(21-9-5-4-6-10-21)28-31(24)22-11-7-8-20(2)18-22/h4-11,18-19H,3,12-17H2,1-2H3,(H,27,32). The molecule has 4 rings (SSSR count). The topological polar surface area (TPSA) is 70.5 Å². The maximum Gasteiger partial charge on any atom is 0.226 e. The van der Waals surface area contributed by atoms with Crippen molar-refractivity contribution in [3.8, 4) is 16.9 Å². The van der Waals surface area contributed by atoms with Crippen molar-refractivity contribution in [2.45, 2.75) is 26.7 Å². The lowest BCUT2D eigenvalue weighted by atomic mass is 10.1. The molecule has 0 radical (unpaired) electrons. The van der Waals surface area contributed by atoms with Crippen LogP contribution in [0.15, 0.2) is 60.7 Å².